The standard InChI is InChI=1S/C19H23N3O2/c1-3-14(10-11-23-2)21-16-9-8-13(12-15(16)20)19-22-17-6-4-5-7-18(17)24-19/h4-9,12,14,21H,3,10-11,20H2,1-2H3. The van der Waals surface area contributed by atoms with Gasteiger partial charge in [-0.05, 0) is 43.2 Å². The van der Waals surface area contributed by atoms with Crippen molar-refractivity contribution >= 4 is 22.5 Å². The lowest BCUT2D eigenvalue weighted by atomic mass is 10.1. The van der Waals surface area contributed by atoms with Crippen LogP contribution in [0.25, 0.3) is 22.6 Å². The Morgan fingerprint density at radius 1 is 1.25 bits per heavy atom. The summed E-state index contributed by atoms with van der Waals surface area (Å²) in [4.78, 5) is 4.51. The normalized spacial score (nSPS) is 12.4. The first-order valence-electron chi connectivity index (χ1n) is 8.22. The summed E-state index contributed by atoms with van der Waals surface area (Å²) >= 11 is 0. The third-order valence-electron chi connectivity index (χ3n) is 4.12. The van der Waals surface area contributed by atoms with Crippen molar-refractivity contribution in [2.45, 2.75) is 25.8 Å². The molecule has 3 N–H and O–H groups in total. The van der Waals surface area contributed by atoms with Gasteiger partial charge in [-0.3, -0.25) is 0 Å². The highest BCUT2D eigenvalue weighted by atomic mass is 16.5. The topological polar surface area (TPSA) is 73.3 Å². The van der Waals surface area contributed by atoms with Crippen molar-refractivity contribution in [3.05, 3.63) is 42.5 Å². The highest BCUT2D eigenvalue weighted by Gasteiger charge is 2.12. The third kappa shape index (κ3) is 3.51. The Labute approximate surface area is 141 Å². The van der Waals surface area contributed by atoms with Gasteiger partial charge in [0.1, 0.15) is 5.52 Å². The molecular weight excluding hydrogens is 302 g/mol. The molecule has 1 heterocycles. The van der Waals surface area contributed by atoms with Crippen LogP contribution >= 0.6 is 0 Å². The van der Waals surface area contributed by atoms with Crippen LogP contribution in [0.5, 0.6) is 0 Å². The summed E-state index contributed by atoms with van der Waals surface area (Å²) in [5.41, 5.74) is 10.3. The van der Waals surface area contributed by atoms with Gasteiger partial charge >= 0.3 is 0 Å². The molecule has 2 aromatic carbocycles. The Kier molecular flexibility index (Phi) is 5.01. The highest BCUT2D eigenvalue weighted by molar-refractivity contribution is 5.78. The quantitative estimate of drug-likeness (QED) is 0.633. The van der Waals surface area contributed by atoms with Crippen LogP contribution in [0, 0.1) is 0 Å². The second kappa shape index (κ2) is 7.36. The molecule has 5 nitrogen and oxygen atoms in total. The fraction of sp³-hybridized carbons (Fsp3) is 0.316. The van der Waals surface area contributed by atoms with Crippen LogP contribution in [0.3, 0.4) is 0 Å². The average molecular weight is 325 g/mol. The second-order valence-corrected chi connectivity index (χ2v) is 5.82. The smallest absolute Gasteiger partial charge is 0.227 e. The van der Waals surface area contributed by atoms with Crippen LogP contribution < -0.4 is 11.1 Å². The first kappa shape index (κ1) is 16.3. The lowest BCUT2D eigenvalue weighted by Crippen LogP contribution is -2.21. The number of nitrogens with zero attached hydrogens (tertiary/aromatic N) is 1. The molecule has 1 aromatic heterocycles. The number of oxazole rings is 1. The van der Waals surface area contributed by atoms with E-state index in [0.29, 0.717) is 17.6 Å². The summed E-state index contributed by atoms with van der Waals surface area (Å²) < 4.78 is 11.0. The van der Waals surface area contributed by atoms with Crippen molar-refractivity contribution < 1.29 is 9.15 Å². The summed E-state index contributed by atoms with van der Waals surface area (Å²) in [6, 6.07) is 13.9. The van der Waals surface area contributed by atoms with E-state index in [0.717, 1.165) is 41.8 Å². The fourth-order valence-corrected chi connectivity index (χ4v) is 2.68. The zero-order chi connectivity index (χ0) is 16.9. The average Bonchev–Trinajstić information content (AvgIpc) is 3.04. The number of hydrogen-bond donors (Lipinski definition) is 2. The van der Waals surface area contributed by atoms with Gasteiger partial charge in [0.2, 0.25) is 5.89 Å². The second-order valence-electron chi connectivity index (χ2n) is 5.82. The summed E-state index contributed by atoms with van der Waals surface area (Å²) in [6.07, 6.45) is 1.95. The molecule has 3 rings (SSSR count). The number of aromatic nitrogens is 1. The molecule has 3 aromatic rings. The van der Waals surface area contributed by atoms with Crippen molar-refractivity contribution in [1.29, 1.82) is 0 Å². The number of benzene rings is 2. The predicted molar refractivity (Wildman–Crippen MR) is 98.1 cm³/mol. The van der Waals surface area contributed by atoms with Crippen molar-refractivity contribution in [3.63, 3.8) is 0 Å². The van der Waals surface area contributed by atoms with Crippen LogP contribution in [0.15, 0.2) is 46.9 Å². The molecule has 0 aliphatic carbocycles. The molecule has 1 unspecified atom stereocenters. The zero-order valence-corrected chi connectivity index (χ0v) is 14.1. The number of hydrogen-bond acceptors (Lipinski definition) is 5. The number of para-hydroxylation sites is 2. The Morgan fingerprint density at radius 2 is 2.08 bits per heavy atom. The Bertz CT molecular complexity index is 780. The summed E-state index contributed by atoms with van der Waals surface area (Å²) in [7, 11) is 1.72. The predicted octanol–water partition coefficient (Wildman–Crippen LogP) is 4.30. The van der Waals surface area contributed by atoms with Gasteiger partial charge in [0.05, 0.1) is 11.4 Å². The van der Waals surface area contributed by atoms with Gasteiger partial charge < -0.3 is 20.2 Å². The number of fused-ring (bicyclic) bond motifs is 1. The summed E-state index contributed by atoms with van der Waals surface area (Å²) in [5.74, 6) is 0.584. The fourth-order valence-electron chi connectivity index (χ4n) is 2.68. The minimum Gasteiger partial charge on any atom is -0.436 e. The molecule has 0 radical (unpaired) electrons. The highest BCUT2D eigenvalue weighted by Crippen LogP contribution is 2.29. The third-order valence-corrected chi connectivity index (χ3v) is 4.12. The van der Waals surface area contributed by atoms with E-state index in [1.54, 1.807) is 7.11 Å². The van der Waals surface area contributed by atoms with Crippen LogP contribution in [0.4, 0.5) is 11.4 Å². The van der Waals surface area contributed by atoms with Crippen molar-refractivity contribution in [3.8, 4) is 11.5 Å². The number of nitrogens with two attached hydrogens (primary N) is 1. The number of ether oxygens (including phenoxy) is 1. The van der Waals surface area contributed by atoms with E-state index in [2.05, 4.69) is 17.2 Å². The van der Waals surface area contributed by atoms with E-state index in [9.17, 15) is 0 Å². The van der Waals surface area contributed by atoms with Crippen LogP contribution in [-0.2, 0) is 4.74 Å². The van der Waals surface area contributed by atoms with Crippen LogP contribution in [0.2, 0.25) is 0 Å². The van der Waals surface area contributed by atoms with E-state index in [1.807, 2.05) is 42.5 Å². The van der Waals surface area contributed by atoms with Crippen LogP contribution in [-0.4, -0.2) is 24.7 Å². The SMILES string of the molecule is CCC(CCOC)Nc1ccc(-c2nc3ccccc3o2)cc1N. The molecule has 126 valence electrons. The monoisotopic (exact) mass is 325 g/mol. The maximum absolute atomic E-state index is 6.22. The molecule has 0 aliphatic rings. The molecule has 0 saturated heterocycles. The van der Waals surface area contributed by atoms with Gasteiger partial charge in [-0.25, -0.2) is 4.98 Å². The Balaban J connectivity index is 1.81. The molecule has 0 amide bonds. The van der Waals surface area contributed by atoms with Gasteiger partial charge in [-0.1, -0.05) is 19.1 Å². The van der Waals surface area contributed by atoms with E-state index < -0.39 is 0 Å². The molecule has 0 spiro atoms. The molecular formula is C19H23N3O2. The maximum atomic E-state index is 6.22. The summed E-state index contributed by atoms with van der Waals surface area (Å²) in [6.45, 7) is 2.88. The van der Waals surface area contributed by atoms with Gasteiger partial charge in [0.15, 0.2) is 5.58 Å². The van der Waals surface area contributed by atoms with E-state index in [-0.39, 0.29) is 0 Å². The van der Waals surface area contributed by atoms with Crippen molar-refractivity contribution in [2.24, 2.45) is 0 Å². The van der Waals surface area contributed by atoms with E-state index in [1.165, 1.54) is 0 Å². The van der Waals surface area contributed by atoms with Gasteiger partial charge in [0, 0.05) is 25.3 Å². The Hall–Kier alpha value is -2.53. The molecule has 5 heteroatoms. The number of nitrogens with one attached hydrogen (secondary N) is 1. The number of rotatable bonds is 7. The molecule has 0 saturated carbocycles. The largest absolute Gasteiger partial charge is 0.436 e. The van der Waals surface area contributed by atoms with E-state index >= 15 is 0 Å². The van der Waals surface area contributed by atoms with Gasteiger partial charge in [-0.15, -0.1) is 0 Å². The molecule has 1 atom stereocenters. The lowest BCUT2D eigenvalue weighted by molar-refractivity contribution is 0.189. The molecule has 0 aliphatic heterocycles. The van der Waals surface area contributed by atoms with Crippen molar-refractivity contribution in [1.82, 2.24) is 4.98 Å². The van der Waals surface area contributed by atoms with E-state index in [4.69, 9.17) is 14.9 Å². The first-order chi connectivity index (χ1) is 11.7. The molecule has 0 bridgehead atoms. The first-order valence-corrected chi connectivity index (χ1v) is 8.22. The Morgan fingerprint density at radius 3 is 2.79 bits per heavy atom. The van der Waals surface area contributed by atoms with Gasteiger partial charge in [0.25, 0.3) is 0 Å². The maximum Gasteiger partial charge on any atom is 0.227 e. The van der Waals surface area contributed by atoms with Crippen LogP contribution in [0.1, 0.15) is 19.8 Å². The lowest BCUT2D eigenvalue weighted by Gasteiger charge is -2.19. The number of methoxy groups -OCH3 is 1. The number of nitrogen functional groups attached to an aromatic ring is 1. The minimum absolute atomic E-state index is 0.336. The van der Waals surface area contributed by atoms with Crippen molar-refractivity contribution in [2.75, 3.05) is 24.8 Å². The number of anilines is 2. The van der Waals surface area contributed by atoms with Gasteiger partial charge in [-0.2, -0.15) is 0 Å². The molecule has 24 heavy (non-hydrogen) atoms. The zero-order valence-electron chi connectivity index (χ0n) is 14.1. The minimum atomic E-state index is 0.336. The molecule has 0 fully saturated rings. The summed E-state index contributed by atoms with van der Waals surface area (Å²) in [5, 5.41) is 3.48.